The second-order valence-electron chi connectivity index (χ2n) is 33.3. The van der Waals surface area contributed by atoms with Crippen LogP contribution in [0.4, 0.5) is 13.2 Å². The molecule has 8 aliphatic rings. The third kappa shape index (κ3) is 21.1. The highest BCUT2D eigenvalue weighted by Gasteiger charge is 2.57. The van der Waals surface area contributed by atoms with Crippen LogP contribution in [0.1, 0.15) is 208 Å². The molecule has 614 valence electrons. The Kier molecular flexibility index (Phi) is 31.8. The number of carbonyl (C=O) groups is 12. The van der Waals surface area contributed by atoms with Gasteiger partial charge in [-0.25, -0.2) is 0 Å². The van der Waals surface area contributed by atoms with Gasteiger partial charge in [0, 0.05) is 102 Å². The number of fused-ring (bicyclic) bond motifs is 3. The van der Waals surface area contributed by atoms with Crippen LogP contribution in [-0.4, -0.2) is 295 Å². The van der Waals surface area contributed by atoms with Crippen molar-refractivity contribution in [2.75, 3.05) is 109 Å². The summed E-state index contributed by atoms with van der Waals surface area (Å²) < 4.78 is 54.6. The Morgan fingerprint density at radius 2 is 1.30 bits per heavy atom. The van der Waals surface area contributed by atoms with Gasteiger partial charge in [-0.3, -0.25) is 57.5 Å². The van der Waals surface area contributed by atoms with Gasteiger partial charge >= 0.3 is 6.18 Å². The summed E-state index contributed by atoms with van der Waals surface area (Å²) in [4.78, 5) is 197. The molecule has 4 aliphatic heterocycles. The van der Waals surface area contributed by atoms with E-state index < -0.39 is 174 Å². The van der Waals surface area contributed by atoms with E-state index in [0.29, 0.717) is 76.8 Å². The molecule has 4 aliphatic carbocycles. The highest BCUT2D eigenvalue weighted by atomic mass is 19.4. The van der Waals surface area contributed by atoms with E-state index >= 15 is 38.4 Å². The summed E-state index contributed by atoms with van der Waals surface area (Å²) >= 11 is 0. The summed E-state index contributed by atoms with van der Waals surface area (Å²) in [6, 6.07) is -8.34. The molecular formula is C80H129F3N12O14. The summed E-state index contributed by atoms with van der Waals surface area (Å²) in [7, 11) is 11.6. The van der Waals surface area contributed by atoms with Crippen LogP contribution in [0, 0.1) is 41.4 Å². The molecule has 8 rings (SSSR count). The maximum absolute atomic E-state index is 15.9. The molecular weight excluding hydrogens is 1410 g/mol. The standard InChI is InChI=1S/C80H129F3N12O14/c1-14-25-52(5)68-76(105)87(7)50-67(98)89(9)60-29-18-17-21-42-94(75(60)104)62(43-53-32-30-51(4)31-33-53)72(101)86(6)49-65(96)84-47-56(36-34-54-35-37-58(80(81,82)83)64(44-54)108-13)71(100)95-48-57(109-16-3)45-63(95)73(102)92(12)79(38-24-39-79)78(107)91(11)69(55-27-19-20-28-55)77(106)90(10)61(74(103)93-40-22-23-41-93)46-66(97)88(8)59(26-15-2)70(99)85-68/h17-18,51-64,68-69H,14-16,19-50H2,1-13H3,(H,84,96)(H,85,99)/b18-17-/t51?,52-,53?,54?,56+,57+,58?,59-,60-,61-,62-,63-,64?,68-,69-/m0/s1. The van der Waals surface area contributed by atoms with Crippen molar-refractivity contribution in [3.05, 3.63) is 12.2 Å². The minimum Gasteiger partial charge on any atom is -0.381 e. The Morgan fingerprint density at radius 3 is 1.92 bits per heavy atom. The van der Waals surface area contributed by atoms with Crippen molar-refractivity contribution in [3.8, 4) is 0 Å². The van der Waals surface area contributed by atoms with Gasteiger partial charge in [-0.1, -0.05) is 91.2 Å². The molecule has 0 aromatic carbocycles. The molecule has 13 atom stereocenters. The van der Waals surface area contributed by atoms with Crippen molar-refractivity contribution in [2.24, 2.45) is 41.4 Å². The van der Waals surface area contributed by atoms with Gasteiger partial charge in [0.15, 0.2) is 0 Å². The molecule has 4 saturated carbocycles. The Hall–Kier alpha value is -6.91. The predicted molar refractivity (Wildman–Crippen MR) is 403 cm³/mol. The van der Waals surface area contributed by atoms with E-state index in [9.17, 15) is 32.3 Å². The Bertz CT molecular complexity index is 3210. The minimum atomic E-state index is -4.50. The molecule has 3 unspecified atom stereocenters. The number of ether oxygens (including phenoxy) is 2. The number of hydrogen-bond donors (Lipinski definition) is 2. The first-order chi connectivity index (χ1) is 51.7. The first-order valence-electron chi connectivity index (χ1n) is 40.9. The molecule has 12 amide bonds. The third-order valence-corrected chi connectivity index (χ3v) is 25.9. The van der Waals surface area contributed by atoms with Gasteiger partial charge in [0.05, 0.1) is 43.6 Å². The zero-order valence-corrected chi connectivity index (χ0v) is 67.5. The molecule has 3 saturated heterocycles. The number of rotatable bonds is 15. The highest BCUT2D eigenvalue weighted by Crippen LogP contribution is 2.45. The number of halogens is 3. The summed E-state index contributed by atoms with van der Waals surface area (Å²) in [5.41, 5.74) is -1.51. The second kappa shape index (κ2) is 39.5. The van der Waals surface area contributed by atoms with Crippen LogP contribution < -0.4 is 10.6 Å². The van der Waals surface area contributed by atoms with Crippen LogP contribution in [0.5, 0.6) is 0 Å². The average Bonchev–Trinajstić information content (AvgIpc) is 1.69. The van der Waals surface area contributed by atoms with Gasteiger partial charge in [-0.15, -0.1) is 0 Å². The third-order valence-electron chi connectivity index (χ3n) is 25.9. The molecule has 26 nitrogen and oxygen atoms in total. The molecule has 0 radical (unpaired) electrons. The summed E-state index contributed by atoms with van der Waals surface area (Å²) in [6.07, 6.45) is 8.02. The number of amides is 12. The number of nitrogens with one attached hydrogen (secondary N) is 2. The number of carbonyl (C=O) groups excluding carboxylic acids is 12. The largest absolute Gasteiger partial charge is 0.394 e. The van der Waals surface area contributed by atoms with Gasteiger partial charge in [0.1, 0.15) is 47.8 Å². The van der Waals surface area contributed by atoms with Crippen molar-refractivity contribution in [3.63, 3.8) is 0 Å². The predicted octanol–water partition coefficient (Wildman–Crippen LogP) is 6.81. The lowest BCUT2D eigenvalue weighted by molar-refractivity contribution is -0.215. The second-order valence-corrected chi connectivity index (χ2v) is 33.3. The van der Waals surface area contributed by atoms with Crippen LogP contribution in [-0.2, 0) is 67.0 Å². The van der Waals surface area contributed by atoms with Gasteiger partial charge in [0.2, 0.25) is 70.9 Å². The van der Waals surface area contributed by atoms with Crippen LogP contribution in [0.2, 0.25) is 0 Å². The molecule has 0 aromatic heterocycles. The van der Waals surface area contributed by atoms with Gasteiger partial charge in [-0.2, -0.15) is 13.2 Å². The van der Waals surface area contributed by atoms with Crippen LogP contribution in [0.3, 0.4) is 0 Å². The van der Waals surface area contributed by atoms with Gasteiger partial charge in [-0.05, 0) is 146 Å². The first-order valence-corrected chi connectivity index (χ1v) is 40.9. The van der Waals surface area contributed by atoms with Crippen LogP contribution in [0.25, 0.3) is 0 Å². The number of hydrogen-bond acceptors (Lipinski definition) is 14. The van der Waals surface area contributed by atoms with Gasteiger partial charge < -0.3 is 69.1 Å². The molecule has 109 heavy (non-hydrogen) atoms. The number of nitrogens with zero attached hydrogens (tertiary/aromatic N) is 10. The lowest BCUT2D eigenvalue weighted by Crippen LogP contribution is -2.68. The van der Waals surface area contributed by atoms with E-state index in [0.717, 1.165) is 38.5 Å². The lowest BCUT2D eigenvalue weighted by Gasteiger charge is -2.51. The van der Waals surface area contributed by atoms with Crippen molar-refractivity contribution in [1.29, 1.82) is 0 Å². The lowest BCUT2D eigenvalue weighted by atomic mass is 9.73. The number of alkyl halides is 3. The fraction of sp³-hybridized carbons (Fsp3) is 0.825. The van der Waals surface area contributed by atoms with E-state index in [2.05, 4.69) is 17.6 Å². The van der Waals surface area contributed by atoms with Crippen molar-refractivity contribution in [1.82, 2.24) is 59.6 Å². The fourth-order valence-corrected chi connectivity index (χ4v) is 18.7. The number of methoxy groups -OCH3 is 1. The monoisotopic (exact) mass is 1540 g/mol. The molecule has 4 heterocycles. The van der Waals surface area contributed by atoms with Crippen molar-refractivity contribution < 1.29 is 80.2 Å². The fourth-order valence-electron chi connectivity index (χ4n) is 18.7. The normalized spacial score (nSPS) is 31.9. The molecule has 1 spiro atoms. The maximum atomic E-state index is 15.9. The highest BCUT2D eigenvalue weighted by molar-refractivity contribution is 6.00. The zero-order valence-electron chi connectivity index (χ0n) is 67.5. The molecule has 2 bridgehead atoms. The maximum Gasteiger partial charge on any atom is 0.394 e. The zero-order chi connectivity index (χ0) is 79.9. The molecule has 0 aromatic rings. The molecule has 2 N–H and O–H groups in total. The van der Waals surface area contributed by atoms with E-state index in [-0.39, 0.29) is 115 Å². The molecule has 29 heteroatoms. The topological polar surface area (TPSA) is 280 Å². The average molecular weight is 1540 g/mol. The van der Waals surface area contributed by atoms with Crippen LogP contribution >= 0.6 is 0 Å². The van der Waals surface area contributed by atoms with E-state index in [1.54, 1.807) is 11.8 Å². The van der Waals surface area contributed by atoms with Crippen molar-refractivity contribution in [2.45, 2.75) is 274 Å². The Labute approximate surface area is 644 Å². The quantitative estimate of drug-likeness (QED) is 0.160. The number of likely N-dealkylation sites (N-methyl/N-ethyl adjacent to an activating group) is 7. The Morgan fingerprint density at radius 1 is 0.642 bits per heavy atom. The SMILES string of the molecule is CCC[C@H](C)[C@@H]1NC(=O)[C@H](CCC)N(C)C(=O)C[C@@H](C(=O)N2CCCC2)N(C)C(=O)[C@H](C2CCCC2)N(C)C(=O)C2(CCC2)N(C)C(=O)[C@@H]2C[C@@H](OCC)CN2C(=O)[C@H](CCC2CCC(C(F)(F)F)C(OC)C2)CNC(=O)CN(C)C(=O)[C@H](CC2CCC(C)CC2)N2CC/C=C\C[C@@H](C2=O)N(C)C(=O)CN(C)C1=O. The Balaban J connectivity index is 1.19. The van der Waals surface area contributed by atoms with Gasteiger partial charge in [0.25, 0.3) is 0 Å². The minimum absolute atomic E-state index is 0.0268. The molecule has 7 fully saturated rings. The number of likely N-dealkylation sites (tertiary alicyclic amines) is 1. The van der Waals surface area contributed by atoms with Crippen LogP contribution in [0.15, 0.2) is 12.2 Å². The van der Waals surface area contributed by atoms with E-state index in [1.165, 1.54) is 101 Å². The first kappa shape index (κ1) is 87.7. The van der Waals surface area contributed by atoms with E-state index in [4.69, 9.17) is 9.47 Å². The summed E-state index contributed by atoms with van der Waals surface area (Å²) in [6.45, 7) is 9.25. The summed E-state index contributed by atoms with van der Waals surface area (Å²) in [5.74, 6) is -10.3. The van der Waals surface area contributed by atoms with E-state index in [1.807, 2.05) is 32.9 Å². The van der Waals surface area contributed by atoms with Crippen molar-refractivity contribution >= 4 is 70.9 Å². The smallest absolute Gasteiger partial charge is 0.381 e. The summed E-state index contributed by atoms with van der Waals surface area (Å²) in [5, 5.41) is 5.89.